The van der Waals surface area contributed by atoms with Crippen molar-refractivity contribution in [3.8, 4) is 0 Å². The van der Waals surface area contributed by atoms with E-state index < -0.39 is 0 Å². The van der Waals surface area contributed by atoms with Crippen molar-refractivity contribution in [1.29, 1.82) is 0 Å². The van der Waals surface area contributed by atoms with Crippen molar-refractivity contribution in [3.05, 3.63) is 0 Å². The van der Waals surface area contributed by atoms with Gasteiger partial charge in [0.1, 0.15) is 0 Å². The number of ether oxygens (including phenoxy) is 1. The quantitative estimate of drug-likeness (QED) is 0.857. The van der Waals surface area contributed by atoms with E-state index in [1.165, 1.54) is 51.7 Å². The van der Waals surface area contributed by atoms with Crippen LogP contribution in [0.2, 0.25) is 0 Å². The molecule has 2 heterocycles. The lowest BCUT2D eigenvalue weighted by molar-refractivity contribution is 0.0236. The molecule has 3 heteroatoms. The molecule has 2 aliphatic heterocycles. The van der Waals surface area contributed by atoms with Crippen LogP contribution in [-0.2, 0) is 4.74 Å². The molecule has 0 aromatic rings. The molecule has 0 radical (unpaired) electrons. The molecule has 4 atom stereocenters. The SMILES string of the molecule is CC(C)(C)NCC1CCC(CN2CC3CCCC3C2)O1. The van der Waals surface area contributed by atoms with Gasteiger partial charge in [0.05, 0.1) is 12.2 Å². The largest absolute Gasteiger partial charge is 0.372 e. The summed E-state index contributed by atoms with van der Waals surface area (Å²) < 4.78 is 6.24. The summed E-state index contributed by atoms with van der Waals surface area (Å²) in [4.78, 5) is 2.68. The second-order valence-electron chi connectivity index (χ2n) is 8.26. The highest BCUT2D eigenvalue weighted by Gasteiger charge is 2.37. The van der Waals surface area contributed by atoms with E-state index in [9.17, 15) is 0 Å². The van der Waals surface area contributed by atoms with Crippen LogP contribution in [0.15, 0.2) is 0 Å². The fourth-order valence-electron chi connectivity index (χ4n) is 4.25. The van der Waals surface area contributed by atoms with Gasteiger partial charge in [-0.25, -0.2) is 0 Å². The summed E-state index contributed by atoms with van der Waals surface area (Å²) in [7, 11) is 0. The molecule has 20 heavy (non-hydrogen) atoms. The first-order chi connectivity index (χ1) is 9.49. The molecule has 3 aliphatic rings. The first-order valence-electron chi connectivity index (χ1n) is 8.62. The van der Waals surface area contributed by atoms with Gasteiger partial charge in [-0.3, -0.25) is 0 Å². The minimum absolute atomic E-state index is 0.202. The summed E-state index contributed by atoms with van der Waals surface area (Å²) in [5.74, 6) is 2.02. The number of hydrogen-bond acceptors (Lipinski definition) is 3. The zero-order valence-corrected chi connectivity index (χ0v) is 13.5. The van der Waals surface area contributed by atoms with Crippen LogP contribution in [-0.4, -0.2) is 48.8 Å². The maximum atomic E-state index is 6.24. The fourth-order valence-corrected chi connectivity index (χ4v) is 4.25. The second kappa shape index (κ2) is 5.94. The van der Waals surface area contributed by atoms with Gasteiger partial charge < -0.3 is 15.0 Å². The molecule has 0 amide bonds. The Labute approximate surface area is 124 Å². The van der Waals surface area contributed by atoms with E-state index in [-0.39, 0.29) is 5.54 Å². The number of nitrogens with one attached hydrogen (secondary N) is 1. The van der Waals surface area contributed by atoms with Crippen LogP contribution in [0.5, 0.6) is 0 Å². The monoisotopic (exact) mass is 280 g/mol. The summed E-state index contributed by atoms with van der Waals surface area (Å²) in [6.07, 6.45) is 7.83. The van der Waals surface area contributed by atoms with Crippen molar-refractivity contribution in [1.82, 2.24) is 10.2 Å². The van der Waals surface area contributed by atoms with Crippen molar-refractivity contribution in [2.24, 2.45) is 11.8 Å². The van der Waals surface area contributed by atoms with E-state index in [0.717, 1.165) is 18.4 Å². The Hall–Kier alpha value is -0.120. The van der Waals surface area contributed by atoms with Crippen molar-refractivity contribution < 1.29 is 4.74 Å². The smallest absolute Gasteiger partial charge is 0.0707 e. The highest BCUT2D eigenvalue weighted by Crippen LogP contribution is 2.38. The first-order valence-corrected chi connectivity index (χ1v) is 8.62. The van der Waals surface area contributed by atoms with Gasteiger partial charge in [-0.05, 0) is 58.3 Å². The Morgan fingerprint density at radius 1 is 1.00 bits per heavy atom. The molecule has 0 aromatic heterocycles. The highest BCUT2D eigenvalue weighted by molar-refractivity contribution is 4.90. The summed E-state index contributed by atoms with van der Waals surface area (Å²) in [5, 5.41) is 3.57. The van der Waals surface area contributed by atoms with Gasteiger partial charge >= 0.3 is 0 Å². The summed E-state index contributed by atoms with van der Waals surface area (Å²) in [6, 6.07) is 0. The minimum atomic E-state index is 0.202. The zero-order chi connectivity index (χ0) is 14.2. The standard InChI is InChI=1S/C17H32N2O/c1-17(2,3)18-9-15-7-8-16(20-15)12-19-10-13-5-4-6-14(13)11-19/h13-16,18H,4-12H2,1-3H3. The maximum Gasteiger partial charge on any atom is 0.0707 e. The molecule has 116 valence electrons. The molecule has 4 unspecified atom stereocenters. The van der Waals surface area contributed by atoms with Gasteiger partial charge in [0.15, 0.2) is 0 Å². The molecule has 0 spiro atoms. The minimum Gasteiger partial charge on any atom is -0.372 e. The van der Waals surface area contributed by atoms with Gasteiger partial charge in [-0.1, -0.05) is 6.42 Å². The summed E-state index contributed by atoms with van der Waals surface area (Å²) >= 11 is 0. The van der Waals surface area contributed by atoms with E-state index in [1.54, 1.807) is 0 Å². The van der Waals surface area contributed by atoms with Gasteiger partial charge in [0, 0.05) is 31.7 Å². The van der Waals surface area contributed by atoms with E-state index in [0.29, 0.717) is 12.2 Å². The van der Waals surface area contributed by atoms with E-state index in [2.05, 4.69) is 31.0 Å². The van der Waals surface area contributed by atoms with E-state index in [4.69, 9.17) is 4.74 Å². The van der Waals surface area contributed by atoms with Gasteiger partial charge in [-0.2, -0.15) is 0 Å². The predicted octanol–water partition coefficient (Wildman–Crippen LogP) is 2.65. The topological polar surface area (TPSA) is 24.5 Å². The zero-order valence-electron chi connectivity index (χ0n) is 13.5. The van der Waals surface area contributed by atoms with Crippen LogP contribution in [0, 0.1) is 11.8 Å². The lowest BCUT2D eigenvalue weighted by Crippen LogP contribution is -2.41. The summed E-state index contributed by atoms with van der Waals surface area (Å²) in [6.45, 7) is 11.5. The fraction of sp³-hybridized carbons (Fsp3) is 1.00. The molecule has 1 aliphatic carbocycles. The number of nitrogens with zero attached hydrogens (tertiary/aromatic N) is 1. The predicted molar refractivity (Wildman–Crippen MR) is 82.9 cm³/mol. The molecule has 3 nitrogen and oxygen atoms in total. The Kier molecular flexibility index (Phi) is 4.40. The molecule has 0 bridgehead atoms. The molecule has 1 N–H and O–H groups in total. The lowest BCUT2D eigenvalue weighted by atomic mass is 10.0. The van der Waals surface area contributed by atoms with Gasteiger partial charge in [0.25, 0.3) is 0 Å². The average molecular weight is 280 g/mol. The van der Waals surface area contributed by atoms with Crippen molar-refractivity contribution in [2.75, 3.05) is 26.2 Å². The molecule has 3 fully saturated rings. The molecule has 1 saturated carbocycles. The molecular weight excluding hydrogens is 248 g/mol. The Morgan fingerprint density at radius 2 is 1.65 bits per heavy atom. The second-order valence-corrected chi connectivity index (χ2v) is 8.26. The molecular formula is C17H32N2O. The normalized spacial score (nSPS) is 38.5. The number of fused-ring (bicyclic) bond motifs is 1. The highest BCUT2D eigenvalue weighted by atomic mass is 16.5. The van der Waals surface area contributed by atoms with Crippen molar-refractivity contribution in [3.63, 3.8) is 0 Å². The van der Waals surface area contributed by atoms with Crippen LogP contribution in [0.25, 0.3) is 0 Å². The Bertz CT molecular complexity index is 313. The van der Waals surface area contributed by atoms with E-state index >= 15 is 0 Å². The van der Waals surface area contributed by atoms with Crippen molar-refractivity contribution >= 4 is 0 Å². The van der Waals surface area contributed by atoms with Crippen LogP contribution in [0.3, 0.4) is 0 Å². The third-order valence-corrected chi connectivity index (χ3v) is 5.32. The summed E-state index contributed by atoms with van der Waals surface area (Å²) in [5.41, 5.74) is 0.202. The van der Waals surface area contributed by atoms with E-state index in [1.807, 2.05) is 0 Å². The first kappa shape index (κ1) is 14.8. The van der Waals surface area contributed by atoms with Gasteiger partial charge in [-0.15, -0.1) is 0 Å². The van der Waals surface area contributed by atoms with Crippen molar-refractivity contribution in [2.45, 2.75) is 70.6 Å². The number of rotatable bonds is 4. The Balaban J connectivity index is 1.38. The van der Waals surface area contributed by atoms with Crippen LogP contribution >= 0.6 is 0 Å². The molecule has 2 saturated heterocycles. The third kappa shape index (κ3) is 3.75. The Morgan fingerprint density at radius 3 is 2.30 bits per heavy atom. The van der Waals surface area contributed by atoms with Gasteiger partial charge in [0.2, 0.25) is 0 Å². The number of likely N-dealkylation sites (tertiary alicyclic amines) is 1. The average Bonchev–Trinajstić information content (AvgIpc) is 3.01. The van der Waals surface area contributed by atoms with Crippen LogP contribution in [0.1, 0.15) is 52.9 Å². The lowest BCUT2D eigenvalue weighted by Gasteiger charge is -2.24. The third-order valence-electron chi connectivity index (χ3n) is 5.32. The van der Waals surface area contributed by atoms with Crippen LogP contribution < -0.4 is 5.32 Å². The number of hydrogen-bond donors (Lipinski definition) is 1. The van der Waals surface area contributed by atoms with Crippen LogP contribution in [0.4, 0.5) is 0 Å². The molecule has 3 rings (SSSR count). The maximum absolute atomic E-state index is 6.24. The molecule has 0 aromatic carbocycles.